The lowest BCUT2D eigenvalue weighted by atomic mass is 9.82. The Morgan fingerprint density at radius 3 is 1.94 bits per heavy atom. The monoisotopic (exact) mass is 244 g/mol. The summed E-state index contributed by atoms with van der Waals surface area (Å²) in [6.45, 7) is 17.2. The van der Waals surface area contributed by atoms with Crippen molar-refractivity contribution in [3.05, 3.63) is 0 Å². The van der Waals surface area contributed by atoms with Crippen molar-refractivity contribution >= 4 is 10.0 Å². The molecule has 0 nitrogen and oxygen atoms in total. The number of hydrogen-bond donors (Lipinski definition) is 0. The van der Waals surface area contributed by atoms with Crippen molar-refractivity contribution in [1.82, 2.24) is 0 Å². The molecule has 0 radical (unpaired) electrons. The SMILES string of the molecule is CCC(C)S1(C(C)C)CC1C(C)(CC)CC. The molecule has 0 N–H and O–H groups in total. The maximum absolute atomic E-state index is 2.54. The average molecular weight is 244 g/mol. The minimum absolute atomic E-state index is 0.300. The molecule has 0 amide bonds. The fourth-order valence-corrected chi connectivity index (χ4v) is 9.59. The van der Waals surface area contributed by atoms with E-state index in [-0.39, 0.29) is 10.0 Å². The molecule has 1 heteroatoms. The normalized spacial score (nSPS) is 35.9. The predicted molar refractivity (Wildman–Crippen MR) is 79.8 cm³/mol. The van der Waals surface area contributed by atoms with Crippen LogP contribution in [0.3, 0.4) is 0 Å². The van der Waals surface area contributed by atoms with Gasteiger partial charge in [0.15, 0.2) is 0 Å². The van der Waals surface area contributed by atoms with Gasteiger partial charge in [-0.05, 0) is 40.9 Å². The molecule has 1 rings (SSSR count). The lowest BCUT2D eigenvalue weighted by Gasteiger charge is -2.39. The van der Waals surface area contributed by atoms with E-state index >= 15 is 0 Å². The average Bonchev–Trinajstić information content (AvgIpc) is 3.04. The Morgan fingerprint density at radius 2 is 1.62 bits per heavy atom. The summed E-state index contributed by atoms with van der Waals surface area (Å²) in [4.78, 5) is 0. The Bertz CT molecular complexity index is 230. The highest BCUT2D eigenvalue weighted by molar-refractivity contribution is 8.40. The van der Waals surface area contributed by atoms with E-state index in [0.717, 1.165) is 15.7 Å². The summed E-state index contributed by atoms with van der Waals surface area (Å²) in [6, 6.07) is 0. The zero-order valence-corrected chi connectivity index (χ0v) is 13.3. The van der Waals surface area contributed by atoms with Crippen molar-refractivity contribution in [3.63, 3.8) is 0 Å². The summed E-state index contributed by atoms with van der Waals surface area (Å²) in [5.74, 6) is 1.57. The predicted octanol–water partition coefficient (Wildman–Crippen LogP) is 5.21. The van der Waals surface area contributed by atoms with Gasteiger partial charge in [0.1, 0.15) is 0 Å². The van der Waals surface area contributed by atoms with Crippen LogP contribution in [-0.2, 0) is 0 Å². The Balaban J connectivity index is 2.89. The molecule has 1 aliphatic heterocycles. The topological polar surface area (TPSA) is 0 Å². The summed E-state index contributed by atoms with van der Waals surface area (Å²) in [6.07, 6.45) is 4.12. The molecule has 1 aliphatic rings. The maximum Gasteiger partial charge on any atom is 0.00235 e. The molecule has 0 aromatic rings. The van der Waals surface area contributed by atoms with Gasteiger partial charge in [-0.15, -0.1) is 0 Å². The minimum Gasteiger partial charge on any atom is -0.231 e. The van der Waals surface area contributed by atoms with Crippen molar-refractivity contribution in [1.29, 1.82) is 0 Å². The van der Waals surface area contributed by atoms with Crippen molar-refractivity contribution < 1.29 is 0 Å². The molecular formula is C15H32S. The van der Waals surface area contributed by atoms with Crippen LogP contribution in [0.15, 0.2) is 0 Å². The van der Waals surface area contributed by atoms with Gasteiger partial charge in [0.2, 0.25) is 0 Å². The molecule has 0 aromatic heterocycles. The zero-order valence-electron chi connectivity index (χ0n) is 12.5. The van der Waals surface area contributed by atoms with E-state index in [1.165, 1.54) is 19.3 Å². The fourth-order valence-electron chi connectivity index (χ4n) is 3.40. The van der Waals surface area contributed by atoms with Crippen LogP contribution in [0.4, 0.5) is 0 Å². The molecule has 98 valence electrons. The Labute approximate surface area is 105 Å². The van der Waals surface area contributed by atoms with Crippen molar-refractivity contribution in [2.24, 2.45) is 5.41 Å². The van der Waals surface area contributed by atoms with Gasteiger partial charge in [0.05, 0.1) is 0 Å². The van der Waals surface area contributed by atoms with Gasteiger partial charge in [-0.1, -0.05) is 48.5 Å². The molecule has 0 spiro atoms. The fraction of sp³-hybridized carbons (Fsp3) is 1.00. The van der Waals surface area contributed by atoms with E-state index in [4.69, 9.17) is 0 Å². The summed E-state index contributed by atoms with van der Waals surface area (Å²) < 4.78 is 0. The van der Waals surface area contributed by atoms with Crippen LogP contribution < -0.4 is 0 Å². The third kappa shape index (κ3) is 2.05. The molecule has 16 heavy (non-hydrogen) atoms. The van der Waals surface area contributed by atoms with E-state index < -0.39 is 0 Å². The molecule has 3 atom stereocenters. The van der Waals surface area contributed by atoms with Gasteiger partial charge in [-0.3, -0.25) is 0 Å². The standard InChI is InChI=1S/C15H32S/c1-8-13(6)16(12(4)5)11-14(16)15(7,9-2)10-3/h12-14H,8-11H2,1-7H3. The Kier molecular flexibility index (Phi) is 4.43. The molecule has 1 heterocycles. The Morgan fingerprint density at radius 1 is 1.12 bits per heavy atom. The van der Waals surface area contributed by atoms with Crippen LogP contribution in [0, 0.1) is 5.41 Å². The summed E-state index contributed by atoms with van der Waals surface area (Å²) in [5.41, 5.74) is 0.628. The molecule has 1 fully saturated rings. The zero-order chi connectivity index (χ0) is 12.6. The van der Waals surface area contributed by atoms with Gasteiger partial charge in [-0.25, -0.2) is 10.0 Å². The molecule has 0 bridgehead atoms. The van der Waals surface area contributed by atoms with Crippen molar-refractivity contribution in [2.75, 3.05) is 5.75 Å². The van der Waals surface area contributed by atoms with Gasteiger partial charge in [-0.2, -0.15) is 0 Å². The highest BCUT2D eigenvalue weighted by atomic mass is 32.3. The first-order chi connectivity index (χ1) is 7.39. The van der Waals surface area contributed by atoms with Crippen LogP contribution in [0.25, 0.3) is 0 Å². The van der Waals surface area contributed by atoms with Gasteiger partial charge in [0.25, 0.3) is 0 Å². The number of rotatable bonds is 6. The number of hydrogen-bond acceptors (Lipinski definition) is 0. The molecular weight excluding hydrogens is 212 g/mol. The summed E-state index contributed by atoms with van der Waals surface area (Å²) in [7, 11) is -0.300. The van der Waals surface area contributed by atoms with Crippen molar-refractivity contribution in [2.45, 2.75) is 83.5 Å². The molecule has 1 saturated heterocycles. The van der Waals surface area contributed by atoms with Crippen LogP contribution in [-0.4, -0.2) is 21.5 Å². The van der Waals surface area contributed by atoms with Crippen LogP contribution in [0.5, 0.6) is 0 Å². The van der Waals surface area contributed by atoms with Crippen LogP contribution in [0.2, 0.25) is 0 Å². The molecule has 0 saturated carbocycles. The molecule has 0 aliphatic carbocycles. The highest BCUT2D eigenvalue weighted by Crippen LogP contribution is 2.79. The van der Waals surface area contributed by atoms with E-state index in [0.29, 0.717) is 5.41 Å². The summed E-state index contributed by atoms with van der Waals surface area (Å²) >= 11 is 0. The second kappa shape index (κ2) is 4.92. The van der Waals surface area contributed by atoms with Gasteiger partial charge in [0, 0.05) is 5.25 Å². The van der Waals surface area contributed by atoms with Crippen molar-refractivity contribution in [3.8, 4) is 0 Å². The van der Waals surface area contributed by atoms with E-state index in [2.05, 4.69) is 48.5 Å². The second-order valence-corrected chi connectivity index (χ2v) is 10.7. The highest BCUT2D eigenvalue weighted by Gasteiger charge is 2.59. The summed E-state index contributed by atoms with van der Waals surface area (Å²) in [5, 5.41) is 2.98. The third-order valence-corrected chi connectivity index (χ3v) is 11.3. The lowest BCUT2D eigenvalue weighted by Crippen LogP contribution is -2.26. The smallest absolute Gasteiger partial charge is 0.00235 e. The largest absolute Gasteiger partial charge is 0.231 e. The molecule has 0 aromatic carbocycles. The quantitative estimate of drug-likeness (QED) is 0.563. The van der Waals surface area contributed by atoms with Gasteiger partial charge < -0.3 is 0 Å². The maximum atomic E-state index is 2.54. The first-order valence-electron chi connectivity index (χ1n) is 7.16. The second-order valence-electron chi connectivity index (χ2n) is 6.19. The molecule has 3 unspecified atom stereocenters. The van der Waals surface area contributed by atoms with E-state index in [1.807, 2.05) is 0 Å². The van der Waals surface area contributed by atoms with Crippen LogP contribution >= 0.6 is 10.0 Å². The van der Waals surface area contributed by atoms with Crippen LogP contribution in [0.1, 0.15) is 67.7 Å². The van der Waals surface area contributed by atoms with E-state index in [9.17, 15) is 0 Å². The first-order valence-corrected chi connectivity index (χ1v) is 9.15. The third-order valence-electron chi connectivity index (χ3n) is 5.45. The van der Waals surface area contributed by atoms with E-state index in [1.54, 1.807) is 5.75 Å². The Hall–Kier alpha value is 0.350. The lowest BCUT2D eigenvalue weighted by molar-refractivity contribution is 0.312. The van der Waals surface area contributed by atoms with Gasteiger partial charge >= 0.3 is 0 Å². The minimum atomic E-state index is -0.300. The first kappa shape index (κ1) is 14.4.